The molecule has 0 atom stereocenters. The average Bonchev–Trinajstić information content (AvgIpc) is 3.09. The average molecular weight is 301 g/mol. The number of rotatable bonds is 7. The minimum absolute atomic E-state index is 0.105. The molecule has 1 aliphatic carbocycles. The Morgan fingerprint density at radius 3 is 2.55 bits per heavy atom. The van der Waals surface area contributed by atoms with Crippen LogP contribution in [0.5, 0.6) is 0 Å². The number of hydrogen-bond acceptors (Lipinski definition) is 4. The molecular weight excluding hydrogens is 282 g/mol. The molecule has 2 rings (SSSR count). The lowest BCUT2D eigenvalue weighted by atomic mass is 10.2. The highest BCUT2D eigenvalue weighted by atomic mass is 32.2. The highest BCUT2D eigenvalue weighted by Gasteiger charge is 2.30. The van der Waals surface area contributed by atoms with Crippen LogP contribution in [-0.2, 0) is 10.0 Å². The van der Waals surface area contributed by atoms with Gasteiger partial charge in [0.2, 0.25) is 10.0 Å². The fourth-order valence-electron chi connectivity index (χ4n) is 2.31. The van der Waals surface area contributed by atoms with Crippen molar-refractivity contribution in [3.63, 3.8) is 0 Å². The molecule has 1 fully saturated rings. The summed E-state index contributed by atoms with van der Waals surface area (Å²) >= 11 is 0. The number of aromatic carboxylic acids is 1. The summed E-state index contributed by atoms with van der Waals surface area (Å²) in [4.78, 5) is 10.9. The van der Waals surface area contributed by atoms with E-state index >= 15 is 0 Å². The van der Waals surface area contributed by atoms with Gasteiger partial charge in [-0.05, 0) is 32.6 Å². The molecule has 6 nitrogen and oxygen atoms in total. The summed E-state index contributed by atoms with van der Waals surface area (Å²) in [7, 11) is -3.85. The minimum Gasteiger partial charge on any atom is -0.478 e. The molecule has 0 aromatic carbocycles. The summed E-state index contributed by atoms with van der Waals surface area (Å²) in [5.41, 5.74) is -0.280. The number of aryl methyl sites for hydroxylation is 2. The number of carboxylic acids is 1. The number of furan rings is 1. The third-order valence-electron chi connectivity index (χ3n) is 3.47. The molecule has 112 valence electrons. The van der Waals surface area contributed by atoms with E-state index in [0.29, 0.717) is 6.54 Å². The largest absolute Gasteiger partial charge is 0.478 e. The Labute approximate surface area is 118 Å². The highest BCUT2D eigenvalue weighted by molar-refractivity contribution is 7.89. The Morgan fingerprint density at radius 1 is 1.35 bits per heavy atom. The van der Waals surface area contributed by atoms with Crippen LogP contribution >= 0.6 is 0 Å². The van der Waals surface area contributed by atoms with Crippen molar-refractivity contribution in [2.24, 2.45) is 5.92 Å². The van der Waals surface area contributed by atoms with Gasteiger partial charge in [-0.15, -0.1) is 0 Å². The molecular formula is C13H19NO5S. The van der Waals surface area contributed by atoms with E-state index in [4.69, 9.17) is 9.52 Å². The van der Waals surface area contributed by atoms with Gasteiger partial charge < -0.3 is 9.52 Å². The van der Waals surface area contributed by atoms with Gasteiger partial charge in [0, 0.05) is 6.54 Å². The molecule has 0 unspecified atom stereocenters. The molecule has 1 aromatic rings. The lowest BCUT2D eigenvalue weighted by molar-refractivity contribution is 0.0691. The summed E-state index contributed by atoms with van der Waals surface area (Å²) in [5, 5.41) is 9.12. The van der Waals surface area contributed by atoms with Gasteiger partial charge in [0.1, 0.15) is 22.0 Å². The van der Waals surface area contributed by atoms with Crippen LogP contribution in [0.4, 0.5) is 0 Å². The molecule has 0 amide bonds. The van der Waals surface area contributed by atoms with Crippen LogP contribution in [0.25, 0.3) is 0 Å². The van der Waals surface area contributed by atoms with Gasteiger partial charge in [0.05, 0.1) is 0 Å². The fraction of sp³-hybridized carbons (Fsp3) is 0.615. The van der Waals surface area contributed by atoms with Gasteiger partial charge >= 0.3 is 5.97 Å². The zero-order valence-corrected chi connectivity index (χ0v) is 12.4. The number of nitrogens with one attached hydrogen (secondary N) is 1. The van der Waals surface area contributed by atoms with Crippen LogP contribution in [0.1, 0.15) is 47.6 Å². The summed E-state index contributed by atoms with van der Waals surface area (Å²) in [6, 6.07) is 0. The molecule has 0 saturated heterocycles. The first kappa shape index (κ1) is 15.1. The molecule has 0 radical (unpaired) electrons. The zero-order valence-electron chi connectivity index (χ0n) is 11.6. The molecule has 1 saturated carbocycles. The smallest absolute Gasteiger partial charge is 0.340 e. The van der Waals surface area contributed by atoms with E-state index in [2.05, 4.69) is 4.72 Å². The normalized spacial score (nSPS) is 15.5. The molecule has 0 spiro atoms. The maximum atomic E-state index is 12.2. The second-order valence-electron chi connectivity index (χ2n) is 5.21. The van der Waals surface area contributed by atoms with Crippen molar-refractivity contribution < 1.29 is 22.7 Å². The van der Waals surface area contributed by atoms with Gasteiger partial charge in [0.15, 0.2) is 0 Å². The number of sulfonamides is 1. The van der Waals surface area contributed by atoms with Gasteiger partial charge in [-0.2, -0.15) is 0 Å². The Hall–Kier alpha value is -1.34. The van der Waals surface area contributed by atoms with Gasteiger partial charge in [-0.1, -0.05) is 12.8 Å². The van der Waals surface area contributed by atoms with Crippen LogP contribution in [0, 0.1) is 19.8 Å². The zero-order chi connectivity index (χ0) is 14.9. The fourth-order valence-corrected chi connectivity index (χ4v) is 3.79. The lowest BCUT2D eigenvalue weighted by Crippen LogP contribution is -2.26. The third-order valence-corrected chi connectivity index (χ3v) is 5.08. The van der Waals surface area contributed by atoms with Gasteiger partial charge in [-0.25, -0.2) is 17.9 Å². The van der Waals surface area contributed by atoms with E-state index in [1.165, 1.54) is 26.7 Å². The summed E-state index contributed by atoms with van der Waals surface area (Å²) in [6.45, 7) is 3.22. The first-order valence-electron chi connectivity index (χ1n) is 6.66. The molecule has 1 aromatic heterocycles. The first-order chi connectivity index (χ1) is 9.33. The van der Waals surface area contributed by atoms with Crippen molar-refractivity contribution >= 4 is 16.0 Å². The van der Waals surface area contributed by atoms with E-state index in [1.54, 1.807) is 0 Å². The second-order valence-corrected chi connectivity index (χ2v) is 6.91. The molecule has 0 bridgehead atoms. The summed E-state index contributed by atoms with van der Waals surface area (Å²) < 4.78 is 32.0. The third kappa shape index (κ3) is 3.21. The topological polar surface area (TPSA) is 96.6 Å². The van der Waals surface area contributed by atoms with Crippen LogP contribution in [0.15, 0.2) is 9.31 Å². The standard InChI is InChI=1S/C13H19NO5S/c1-8-11(13(15)16)12(9(2)19-8)20(17,18)14-7-3-4-10-5-6-10/h10,14H,3-7H2,1-2H3,(H,15,16). The summed E-state index contributed by atoms with van der Waals surface area (Å²) in [6.07, 6.45) is 4.24. The van der Waals surface area contributed by atoms with Crippen LogP contribution in [-0.4, -0.2) is 26.0 Å². The predicted molar refractivity (Wildman–Crippen MR) is 72.3 cm³/mol. The molecule has 0 aliphatic heterocycles. The van der Waals surface area contributed by atoms with Gasteiger partial charge in [0.25, 0.3) is 0 Å². The molecule has 20 heavy (non-hydrogen) atoms. The van der Waals surface area contributed by atoms with Crippen LogP contribution < -0.4 is 4.72 Å². The number of carboxylic acid groups (broad SMARTS) is 1. The predicted octanol–water partition coefficient (Wildman–Crippen LogP) is 2.06. The van der Waals surface area contributed by atoms with E-state index < -0.39 is 16.0 Å². The number of hydrogen-bond donors (Lipinski definition) is 2. The van der Waals surface area contributed by atoms with Gasteiger partial charge in [-0.3, -0.25) is 0 Å². The van der Waals surface area contributed by atoms with E-state index in [-0.39, 0.29) is 22.0 Å². The second kappa shape index (κ2) is 5.57. The highest BCUT2D eigenvalue weighted by Crippen LogP contribution is 2.33. The van der Waals surface area contributed by atoms with Crippen molar-refractivity contribution in [2.75, 3.05) is 6.54 Å². The summed E-state index contributed by atoms with van der Waals surface area (Å²) in [5.74, 6) is -0.340. The monoisotopic (exact) mass is 301 g/mol. The number of carbonyl (C=O) groups is 1. The first-order valence-corrected chi connectivity index (χ1v) is 8.14. The van der Waals surface area contributed by atoms with Crippen LogP contribution in [0.2, 0.25) is 0 Å². The Kier molecular flexibility index (Phi) is 4.19. The minimum atomic E-state index is -3.85. The Balaban J connectivity index is 2.13. The maximum absolute atomic E-state index is 12.2. The molecule has 7 heteroatoms. The van der Waals surface area contributed by atoms with Crippen molar-refractivity contribution in [2.45, 2.75) is 44.4 Å². The lowest BCUT2D eigenvalue weighted by Gasteiger charge is -2.06. The van der Waals surface area contributed by atoms with Crippen molar-refractivity contribution in [1.29, 1.82) is 0 Å². The van der Waals surface area contributed by atoms with Crippen molar-refractivity contribution in [3.8, 4) is 0 Å². The van der Waals surface area contributed by atoms with Crippen molar-refractivity contribution in [1.82, 2.24) is 4.72 Å². The SMILES string of the molecule is Cc1oc(C)c(S(=O)(=O)NCCCC2CC2)c1C(=O)O. The van der Waals surface area contributed by atoms with E-state index in [1.807, 2.05) is 0 Å². The van der Waals surface area contributed by atoms with Crippen molar-refractivity contribution in [3.05, 3.63) is 17.1 Å². The van der Waals surface area contributed by atoms with E-state index in [0.717, 1.165) is 18.8 Å². The Bertz CT molecular complexity index is 613. The molecule has 2 N–H and O–H groups in total. The molecule has 1 aliphatic rings. The maximum Gasteiger partial charge on any atom is 0.340 e. The quantitative estimate of drug-likeness (QED) is 0.751. The Morgan fingerprint density at radius 2 is 2.00 bits per heavy atom. The van der Waals surface area contributed by atoms with E-state index in [9.17, 15) is 13.2 Å². The van der Waals surface area contributed by atoms with Crippen LogP contribution in [0.3, 0.4) is 0 Å². The molecule has 1 heterocycles.